The molecule has 1 aromatic rings. The minimum atomic E-state index is 0.576. The molecule has 0 saturated carbocycles. The van der Waals surface area contributed by atoms with Crippen LogP contribution in [0.5, 0.6) is 0 Å². The summed E-state index contributed by atoms with van der Waals surface area (Å²) in [5.41, 5.74) is 2.97. The lowest BCUT2D eigenvalue weighted by Gasteiger charge is -2.23. The molecular formula is C14H20N2. The number of rotatable bonds is 5. The van der Waals surface area contributed by atoms with Crippen LogP contribution in [0, 0.1) is 0 Å². The van der Waals surface area contributed by atoms with Gasteiger partial charge in [-0.05, 0) is 18.1 Å². The highest BCUT2D eigenvalue weighted by atomic mass is 15.2. The molecule has 2 heteroatoms. The van der Waals surface area contributed by atoms with E-state index in [1.54, 1.807) is 0 Å². The molecule has 0 aromatic heterocycles. The van der Waals surface area contributed by atoms with Crippen molar-refractivity contribution in [3.05, 3.63) is 48.0 Å². The van der Waals surface area contributed by atoms with Crippen LogP contribution in [0.1, 0.15) is 18.1 Å². The smallest absolute Gasteiger partial charge is 0.0243 e. The van der Waals surface area contributed by atoms with Crippen molar-refractivity contribution in [3.63, 3.8) is 0 Å². The summed E-state index contributed by atoms with van der Waals surface area (Å²) in [6, 6.07) is 9.30. The molecule has 0 radical (unpaired) electrons. The van der Waals surface area contributed by atoms with E-state index < -0.39 is 0 Å². The maximum absolute atomic E-state index is 3.71. The second-order valence-corrected chi connectivity index (χ2v) is 4.47. The van der Waals surface area contributed by atoms with Crippen molar-refractivity contribution in [2.24, 2.45) is 0 Å². The largest absolute Gasteiger partial charge is 0.312 e. The molecule has 0 spiro atoms. The summed E-state index contributed by atoms with van der Waals surface area (Å²) in [5, 5.41) is 3.38. The van der Waals surface area contributed by atoms with Gasteiger partial charge in [0.2, 0.25) is 0 Å². The number of benzene rings is 1. The topological polar surface area (TPSA) is 15.3 Å². The van der Waals surface area contributed by atoms with Crippen LogP contribution >= 0.6 is 0 Å². The van der Waals surface area contributed by atoms with Crippen LogP contribution in [0.2, 0.25) is 0 Å². The molecule has 1 heterocycles. The Balaban J connectivity index is 1.88. The van der Waals surface area contributed by atoms with E-state index in [-0.39, 0.29) is 0 Å². The van der Waals surface area contributed by atoms with Crippen LogP contribution in [0.25, 0.3) is 0 Å². The first kappa shape index (κ1) is 11.4. The SMILES string of the molecule is C=CCNCC(C)N1Cc2ccccc2C1. The van der Waals surface area contributed by atoms with Crippen molar-refractivity contribution < 1.29 is 0 Å². The summed E-state index contributed by atoms with van der Waals surface area (Å²) >= 11 is 0. The predicted octanol–water partition coefficient (Wildman–Crippen LogP) is 2.17. The van der Waals surface area contributed by atoms with E-state index in [2.05, 4.69) is 48.0 Å². The summed E-state index contributed by atoms with van der Waals surface area (Å²) in [6.07, 6.45) is 1.91. The number of nitrogens with one attached hydrogen (secondary N) is 1. The molecule has 0 bridgehead atoms. The van der Waals surface area contributed by atoms with Crippen LogP contribution in [0.15, 0.2) is 36.9 Å². The van der Waals surface area contributed by atoms with Gasteiger partial charge >= 0.3 is 0 Å². The van der Waals surface area contributed by atoms with Gasteiger partial charge in [0.1, 0.15) is 0 Å². The molecule has 1 aromatic carbocycles. The van der Waals surface area contributed by atoms with Crippen LogP contribution < -0.4 is 5.32 Å². The van der Waals surface area contributed by atoms with Crippen LogP contribution in [0.4, 0.5) is 0 Å². The number of hydrogen-bond donors (Lipinski definition) is 1. The van der Waals surface area contributed by atoms with Gasteiger partial charge in [-0.15, -0.1) is 6.58 Å². The van der Waals surface area contributed by atoms with E-state index in [0.717, 1.165) is 26.2 Å². The molecule has 2 nitrogen and oxygen atoms in total. The zero-order valence-corrected chi connectivity index (χ0v) is 9.95. The van der Waals surface area contributed by atoms with Crippen LogP contribution in [0.3, 0.4) is 0 Å². The van der Waals surface area contributed by atoms with Crippen molar-refractivity contribution in [2.75, 3.05) is 13.1 Å². The highest BCUT2D eigenvalue weighted by Crippen LogP contribution is 2.23. The van der Waals surface area contributed by atoms with Gasteiger partial charge in [-0.3, -0.25) is 4.90 Å². The lowest BCUT2D eigenvalue weighted by Crippen LogP contribution is -2.37. The average Bonchev–Trinajstić information content (AvgIpc) is 2.73. The molecule has 1 atom stereocenters. The summed E-state index contributed by atoms with van der Waals surface area (Å²) in [7, 11) is 0. The van der Waals surface area contributed by atoms with Crippen molar-refractivity contribution in [1.29, 1.82) is 0 Å². The molecule has 86 valence electrons. The highest BCUT2D eigenvalue weighted by molar-refractivity contribution is 5.30. The normalized spacial score (nSPS) is 17.1. The van der Waals surface area contributed by atoms with Crippen LogP contribution in [-0.2, 0) is 13.1 Å². The first-order valence-corrected chi connectivity index (χ1v) is 5.93. The second-order valence-electron chi connectivity index (χ2n) is 4.47. The average molecular weight is 216 g/mol. The molecule has 1 unspecified atom stereocenters. The molecule has 0 fully saturated rings. The Morgan fingerprint density at radius 3 is 2.56 bits per heavy atom. The van der Waals surface area contributed by atoms with Gasteiger partial charge in [-0.25, -0.2) is 0 Å². The molecular weight excluding hydrogens is 196 g/mol. The van der Waals surface area contributed by atoms with E-state index in [4.69, 9.17) is 0 Å². The zero-order valence-electron chi connectivity index (χ0n) is 9.95. The summed E-state index contributed by atoms with van der Waals surface area (Å²) in [5.74, 6) is 0. The monoisotopic (exact) mass is 216 g/mol. The third-order valence-corrected chi connectivity index (χ3v) is 3.22. The Hall–Kier alpha value is -1.12. The lowest BCUT2D eigenvalue weighted by atomic mass is 10.1. The van der Waals surface area contributed by atoms with Gasteiger partial charge in [-0.2, -0.15) is 0 Å². The van der Waals surface area contributed by atoms with E-state index in [1.807, 2.05) is 6.08 Å². The number of nitrogens with zero attached hydrogens (tertiary/aromatic N) is 1. The third-order valence-electron chi connectivity index (χ3n) is 3.22. The van der Waals surface area contributed by atoms with E-state index in [1.165, 1.54) is 11.1 Å². The molecule has 1 aliphatic rings. The van der Waals surface area contributed by atoms with Gasteiger partial charge in [-0.1, -0.05) is 30.3 Å². The Morgan fingerprint density at radius 2 is 2.00 bits per heavy atom. The van der Waals surface area contributed by atoms with Gasteiger partial charge in [0.15, 0.2) is 0 Å². The van der Waals surface area contributed by atoms with Gasteiger partial charge in [0.05, 0.1) is 0 Å². The quantitative estimate of drug-likeness (QED) is 0.599. The minimum Gasteiger partial charge on any atom is -0.312 e. The molecule has 1 N–H and O–H groups in total. The fraction of sp³-hybridized carbons (Fsp3) is 0.429. The van der Waals surface area contributed by atoms with E-state index in [9.17, 15) is 0 Å². The van der Waals surface area contributed by atoms with Crippen molar-refractivity contribution in [2.45, 2.75) is 26.1 Å². The van der Waals surface area contributed by atoms with E-state index >= 15 is 0 Å². The molecule has 1 aliphatic heterocycles. The Bertz CT molecular complexity index is 335. The Labute approximate surface area is 98.0 Å². The maximum atomic E-state index is 3.71. The second kappa shape index (κ2) is 5.28. The maximum Gasteiger partial charge on any atom is 0.0243 e. The standard InChI is InChI=1S/C14H20N2/c1-3-8-15-9-12(2)16-10-13-6-4-5-7-14(13)11-16/h3-7,12,15H,1,8-11H2,2H3. The van der Waals surface area contributed by atoms with Crippen molar-refractivity contribution >= 4 is 0 Å². The summed E-state index contributed by atoms with van der Waals surface area (Å²) in [6.45, 7) is 10.1. The molecule has 16 heavy (non-hydrogen) atoms. The first-order chi connectivity index (χ1) is 7.81. The highest BCUT2D eigenvalue weighted by Gasteiger charge is 2.21. The fourth-order valence-electron chi connectivity index (χ4n) is 2.19. The minimum absolute atomic E-state index is 0.576. The zero-order chi connectivity index (χ0) is 11.4. The van der Waals surface area contributed by atoms with Gasteiger partial charge in [0.25, 0.3) is 0 Å². The predicted molar refractivity (Wildman–Crippen MR) is 68.2 cm³/mol. The first-order valence-electron chi connectivity index (χ1n) is 5.93. The Morgan fingerprint density at radius 1 is 1.38 bits per heavy atom. The van der Waals surface area contributed by atoms with Gasteiger partial charge in [0, 0.05) is 32.2 Å². The fourth-order valence-corrected chi connectivity index (χ4v) is 2.19. The summed E-state index contributed by atoms with van der Waals surface area (Å²) < 4.78 is 0. The van der Waals surface area contributed by atoms with E-state index in [0.29, 0.717) is 6.04 Å². The molecule has 0 saturated heterocycles. The Kier molecular flexibility index (Phi) is 3.75. The molecule has 2 rings (SSSR count). The number of fused-ring (bicyclic) bond motifs is 1. The van der Waals surface area contributed by atoms with Crippen molar-refractivity contribution in [3.8, 4) is 0 Å². The third kappa shape index (κ3) is 2.52. The summed E-state index contributed by atoms with van der Waals surface area (Å²) in [4.78, 5) is 2.51. The molecule has 0 amide bonds. The van der Waals surface area contributed by atoms with Crippen LogP contribution in [-0.4, -0.2) is 24.0 Å². The van der Waals surface area contributed by atoms with Crippen molar-refractivity contribution in [1.82, 2.24) is 10.2 Å². The van der Waals surface area contributed by atoms with Gasteiger partial charge < -0.3 is 5.32 Å². The number of hydrogen-bond acceptors (Lipinski definition) is 2. The lowest BCUT2D eigenvalue weighted by molar-refractivity contribution is 0.209. The molecule has 0 aliphatic carbocycles.